The highest BCUT2D eigenvalue weighted by Gasteiger charge is 2.44. The minimum Gasteiger partial charge on any atom is -0.469 e. The summed E-state index contributed by atoms with van der Waals surface area (Å²) in [5.74, 6) is -0.616. The number of nitrogens with zero attached hydrogens (tertiary/aromatic N) is 1. The van der Waals surface area contributed by atoms with Crippen molar-refractivity contribution in [3.8, 4) is 0 Å². The van der Waals surface area contributed by atoms with Crippen molar-refractivity contribution in [2.75, 3.05) is 26.7 Å². The summed E-state index contributed by atoms with van der Waals surface area (Å²) in [5.41, 5.74) is 5.23. The zero-order valence-electron chi connectivity index (χ0n) is 10.4. The first-order valence-electron chi connectivity index (χ1n) is 5.98. The second-order valence-electron chi connectivity index (χ2n) is 4.47. The van der Waals surface area contributed by atoms with E-state index in [-0.39, 0.29) is 37.9 Å². The van der Waals surface area contributed by atoms with E-state index in [1.165, 1.54) is 12.0 Å². The maximum atomic E-state index is 12.8. The topological polar surface area (TPSA) is 55.6 Å². The van der Waals surface area contributed by atoms with E-state index in [1.54, 1.807) is 0 Å². The fourth-order valence-corrected chi connectivity index (χ4v) is 2.32. The number of piperidine rings is 1. The summed E-state index contributed by atoms with van der Waals surface area (Å²) in [7, 11) is 1.29. The predicted molar refractivity (Wildman–Crippen MR) is 59.8 cm³/mol. The first-order chi connectivity index (χ1) is 8.40. The first kappa shape index (κ1) is 15.2. The van der Waals surface area contributed by atoms with Crippen LogP contribution in [0.1, 0.15) is 19.3 Å². The molecule has 1 saturated heterocycles. The van der Waals surface area contributed by atoms with Crippen LogP contribution in [0, 0.1) is 5.92 Å². The zero-order chi connectivity index (χ0) is 13.8. The lowest BCUT2D eigenvalue weighted by Gasteiger charge is -2.37. The molecule has 106 valence electrons. The minimum atomic E-state index is -4.27. The van der Waals surface area contributed by atoms with Crippen molar-refractivity contribution in [2.45, 2.75) is 31.5 Å². The number of hydrogen-bond acceptors (Lipinski definition) is 4. The Morgan fingerprint density at radius 3 is 2.39 bits per heavy atom. The van der Waals surface area contributed by atoms with Gasteiger partial charge in [0.1, 0.15) is 6.04 Å². The van der Waals surface area contributed by atoms with E-state index >= 15 is 0 Å². The number of halogens is 3. The minimum absolute atomic E-state index is 0.00110. The Morgan fingerprint density at radius 1 is 1.44 bits per heavy atom. The molecule has 0 aromatic heterocycles. The van der Waals surface area contributed by atoms with Crippen LogP contribution in [0.4, 0.5) is 13.2 Å². The van der Waals surface area contributed by atoms with Crippen LogP contribution in [0.2, 0.25) is 0 Å². The fourth-order valence-electron chi connectivity index (χ4n) is 2.32. The van der Waals surface area contributed by atoms with Crippen molar-refractivity contribution in [2.24, 2.45) is 11.7 Å². The number of nitrogens with two attached hydrogens (primary N) is 1. The van der Waals surface area contributed by atoms with Crippen LogP contribution in [0.25, 0.3) is 0 Å². The van der Waals surface area contributed by atoms with E-state index in [4.69, 9.17) is 5.73 Å². The maximum Gasteiger partial charge on any atom is 0.404 e. The Kier molecular flexibility index (Phi) is 5.40. The molecule has 1 aliphatic rings. The second kappa shape index (κ2) is 6.38. The van der Waals surface area contributed by atoms with Gasteiger partial charge in [-0.1, -0.05) is 0 Å². The zero-order valence-corrected chi connectivity index (χ0v) is 10.4. The van der Waals surface area contributed by atoms with Gasteiger partial charge in [0.05, 0.1) is 13.0 Å². The lowest BCUT2D eigenvalue weighted by molar-refractivity contribution is -0.189. The number of carbonyl (C=O) groups is 1. The summed E-state index contributed by atoms with van der Waals surface area (Å²) in [5, 5.41) is 0. The van der Waals surface area contributed by atoms with Gasteiger partial charge in [0.2, 0.25) is 0 Å². The quantitative estimate of drug-likeness (QED) is 0.777. The molecular formula is C11H19F3N2O2. The average Bonchev–Trinajstić information content (AvgIpc) is 2.34. The summed E-state index contributed by atoms with van der Waals surface area (Å²) in [6.45, 7) is 0.509. The summed E-state index contributed by atoms with van der Waals surface area (Å²) < 4.78 is 43.1. The number of methoxy groups -OCH3 is 1. The number of hydrogen-bond donors (Lipinski definition) is 1. The molecule has 1 rings (SSSR count). The number of ether oxygens (including phenoxy) is 1. The molecule has 0 saturated carbocycles. The summed E-state index contributed by atoms with van der Waals surface area (Å²) in [4.78, 5) is 12.7. The molecule has 1 heterocycles. The van der Waals surface area contributed by atoms with Gasteiger partial charge in [-0.15, -0.1) is 0 Å². The van der Waals surface area contributed by atoms with Crippen molar-refractivity contribution in [3.05, 3.63) is 0 Å². The van der Waals surface area contributed by atoms with Crippen LogP contribution in [0.3, 0.4) is 0 Å². The molecule has 1 atom stereocenters. The number of likely N-dealkylation sites (tertiary alicyclic amines) is 1. The molecule has 0 radical (unpaired) electrons. The molecule has 0 bridgehead atoms. The third-order valence-electron chi connectivity index (χ3n) is 3.32. The van der Waals surface area contributed by atoms with Crippen LogP contribution in [0.5, 0.6) is 0 Å². The van der Waals surface area contributed by atoms with Crippen LogP contribution < -0.4 is 5.73 Å². The van der Waals surface area contributed by atoms with E-state index < -0.39 is 12.2 Å². The maximum absolute atomic E-state index is 12.8. The number of esters is 1. The molecule has 4 nitrogen and oxygen atoms in total. The Balaban J connectivity index is 2.56. The smallest absolute Gasteiger partial charge is 0.404 e. The largest absolute Gasteiger partial charge is 0.469 e. The molecule has 7 heteroatoms. The summed E-state index contributed by atoms with van der Waals surface area (Å²) >= 11 is 0. The monoisotopic (exact) mass is 268 g/mol. The Morgan fingerprint density at radius 2 is 2.00 bits per heavy atom. The molecule has 1 fully saturated rings. The van der Waals surface area contributed by atoms with Gasteiger partial charge in [0, 0.05) is 0 Å². The van der Waals surface area contributed by atoms with Gasteiger partial charge in [0.25, 0.3) is 0 Å². The normalized spacial score (nSPS) is 20.7. The Hall–Kier alpha value is -0.820. The Labute approximate surface area is 104 Å². The van der Waals surface area contributed by atoms with Crippen molar-refractivity contribution in [1.29, 1.82) is 0 Å². The predicted octanol–water partition coefficient (Wildman–Crippen LogP) is 1.15. The Bertz CT molecular complexity index is 276. The molecule has 0 aromatic rings. The van der Waals surface area contributed by atoms with Crippen LogP contribution in [0.15, 0.2) is 0 Å². The second-order valence-corrected chi connectivity index (χ2v) is 4.47. The lowest BCUT2D eigenvalue weighted by Crippen LogP contribution is -2.50. The molecule has 2 N–H and O–H groups in total. The summed E-state index contributed by atoms with van der Waals surface area (Å²) in [6, 6.07) is -1.50. The molecule has 18 heavy (non-hydrogen) atoms. The molecule has 0 aliphatic carbocycles. The molecule has 0 spiro atoms. The van der Waals surface area contributed by atoms with Gasteiger partial charge < -0.3 is 10.5 Å². The van der Waals surface area contributed by atoms with Crippen molar-refractivity contribution in [3.63, 3.8) is 0 Å². The third kappa shape index (κ3) is 3.84. The molecule has 1 unspecified atom stereocenters. The van der Waals surface area contributed by atoms with Gasteiger partial charge in [-0.05, 0) is 38.9 Å². The van der Waals surface area contributed by atoms with Crippen molar-refractivity contribution in [1.82, 2.24) is 4.90 Å². The third-order valence-corrected chi connectivity index (χ3v) is 3.32. The first-order valence-corrected chi connectivity index (χ1v) is 5.98. The van der Waals surface area contributed by atoms with E-state index in [9.17, 15) is 18.0 Å². The molecule has 0 aromatic carbocycles. The SMILES string of the molecule is COC(=O)C1CCN(C(CCN)C(F)(F)F)CC1. The number of alkyl halides is 3. The van der Waals surface area contributed by atoms with Gasteiger partial charge in [0.15, 0.2) is 0 Å². The summed E-state index contributed by atoms with van der Waals surface area (Å²) in [6.07, 6.45) is -3.56. The lowest BCUT2D eigenvalue weighted by atomic mass is 9.95. The molecular weight excluding hydrogens is 249 g/mol. The van der Waals surface area contributed by atoms with Gasteiger partial charge in [-0.3, -0.25) is 9.69 Å². The highest BCUT2D eigenvalue weighted by atomic mass is 19.4. The van der Waals surface area contributed by atoms with Crippen LogP contribution in [-0.4, -0.2) is 49.8 Å². The van der Waals surface area contributed by atoms with Gasteiger partial charge >= 0.3 is 12.1 Å². The van der Waals surface area contributed by atoms with Crippen molar-refractivity contribution < 1.29 is 22.7 Å². The standard InChI is InChI=1S/C11H19F3N2O2/c1-18-10(17)8-3-6-16(7-4-8)9(2-5-15)11(12,13)14/h8-9H,2-7,15H2,1H3. The number of carbonyl (C=O) groups excluding carboxylic acids is 1. The fraction of sp³-hybridized carbons (Fsp3) is 0.909. The van der Waals surface area contributed by atoms with E-state index in [0.29, 0.717) is 12.8 Å². The van der Waals surface area contributed by atoms with Crippen LogP contribution in [-0.2, 0) is 9.53 Å². The highest BCUT2D eigenvalue weighted by molar-refractivity contribution is 5.72. The van der Waals surface area contributed by atoms with E-state index in [2.05, 4.69) is 4.74 Å². The van der Waals surface area contributed by atoms with E-state index in [1.807, 2.05) is 0 Å². The number of rotatable bonds is 4. The van der Waals surface area contributed by atoms with E-state index in [0.717, 1.165) is 0 Å². The highest BCUT2D eigenvalue weighted by Crippen LogP contribution is 2.30. The van der Waals surface area contributed by atoms with Gasteiger partial charge in [-0.25, -0.2) is 0 Å². The average molecular weight is 268 g/mol. The van der Waals surface area contributed by atoms with Crippen LogP contribution >= 0.6 is 0 Å². The molecule has 0 amide bonds. The van der Waals surface area contributed by atoms with Gasteiger partial charge in [-0.2, -0.15) is 13.2 Å². The molecule has 1 aliphatic heterocycles. The van der Waals surface area contributed by atoms with Crippen molar-refractivity contribution >= 4 is 5.97 Å².